The maximum atomic E-state index is 4.59. The Morgan fingerprint density at radius 2 is 1.48 bits per heavy atom. The minimum atomic E-state index is 0.875. The van der Waals surface area contributed by atoms with Gasteiger partial charge in [-0.1, -0.05) is 54.6 Å². The van der Waals surface area contributed by atoms with Crippen LogP contribution in [0.5, 0.6) is 0 Å². The minimum Gasteiger partial charge on any atom is -0.239 e. The summed E-state index contributed by atoms with van der Waals surface area (Å²) in [6.07, 6.45) is 2.57. The van der Waals surface area contributed by atoms with Crippen LogP contribution in [0.15, 0.2) is 64.6 Å². The molecule has 2 heteroatoms. The van der Waals surface area contributed by atoms with Crippen molar-refractivity contribution < 1.29 is 0 Å². The molecule has 4 aromatic carbocycles. The van der Waals surface area contributed by atoms with E-state index in [-0.39, 0.29) is 0 Å². The molecule has 0 N–H and O–H groups in total. The highest BCUT2D eigenvalue weighted by Gasteiger charge is 2.23. The number of nitrogens with zero attached hydrogens (tertiary/aromatic N) is 2. The van der Waals surface area contributed by atoms with E-state index in [0.717, 1.165) is 17.8 Å². The van der Waals surface area contributed by atoms with Gasteiger partial charge < -0.3 is 0 Å². The molecule has 0 bridgehead atoms. The highest BCUT2D eigenvalue weighted by atomic mass is 15.0. The molecule has 1 aliphatic carbocycles. The van der Waals surface area contributed by atoms with Gasteiger partial charge in [0.15, 0.2) is 0 Å². The van der Waals surface area contributed by atoms with E-state index in [4.69, 9.17) is 0 Å². The lowest BCUT2D eigenvalue weighted by Crippen LogP contribution is -2.21. The van der Waals surface area contributed by atoms with Gasteiger partial charge in [0, 0.05) is 11.6 Å². The highest BCUT2D eigenvalue weighted by Crippen LogP contribution is 2.34. The normalized spacial score (nSPS) is 15.7. The lowest BCUT2D eigenvalue weighted by Gasteiger charge is -2.19. The molecule has 2 nitrogen and oxygen atoms in total. The molecule has 0 unspecified atom stereocenters. The molecule has 0 fully saturated rings. The van der Waals surface area contributed by atoms with Gasteiger partial charge in [-0.15, -0.1) is 0 Å². The molecule has 23 heavy (non-hydrogen) atoms. The number of rotatable bonds is 0. The maximum Gasteiger partial charge on any atom is 0.116 e. The molecule has 0 spiro atoms. The van der Waals surface area contributed by atoms with E-state index in [1.54, 1.807) is 6.34 Å². The smallest absolute Gasteiger partial charge is 0.116 e. The Morgan fingerprint density at radius 1 is 0.739 bits per heavy atom. The molecule has 106 valence electrons. The van der Waals surface area contributed by atoms with Crippen LogP contribution < -0.4 is 5.22 Å². The number of aliphatic imine (C=N–C) groups is 2. The standard InChI is InChI=1S/C21H12N2/c1-4-12-5-2-9-16-18(12)14(7-1)15-8-3-6-13-10-17-21(23-11-22-17)20(16)19(13)15/h1-9,11H,10H2. The van der Waals surface area contributed by atoms with E-state index in [9.17, 15) is 0 Å². The lowest BCUT2D eigenvalue weighted by atomic mass is 9.85. The summed E-state index contributed by atoms with van der Waals surface area (Å²) in [5, 5.41) is 9.20. The van der Waals surface area contributed by atoms with Crippen LogP contribution >= 0.6 is 0 Å². The first-order valence-electron chi connectivity index (χ1n) is 7.90. The van der Waals surface area contributed by atoms with Gasteiger partial charge >= 0.3 is 0 Å². The van der Waals surface area contributed by atoms with Gasteiger partial charge in [0.05, 0.1) is 11.4 Å². The molecular weight excluding hydrogens is 280 g/mol. The van der Waals surface area contributed by atoms with E-state index in [2.05, 4.69) is 64.6 Å². The molecule has 2 aliphatic rings. The molecular formula is C21H12N2. The fraction of sp³-hybridized carbons (Fsp3) is 0.0476. The fourth-order valence-electron chi connectivity index (χ4n) is 4.23. The Morgan fingerprint density at radius 3 is 2.35 bits per heavy atom. The summed E-state index contributed by atoms with van der Waals surface area (Å²) < 4.78 is 0. The van der Waals surface area contributed by atoms with E-state index in [1.165, 1.54) is 43.1 Å². The second-order valence-corrected chi connectivity index (χ2v) is 6.27. The van der Waals surface area contributed by atoms with Gasteiger partial charge in [-0.25, -0.2) is 9.98 Å². The van der Waals surface area contributed by atoms with Crippen molar-refractivity contribution in [3.05, 3.63) is 65.4 Å². The van der Waals surface area contributed by atoms with Crippen molar-refractivity contribution in [1.82, 2.24) is 0 Å². The molecule has 0 aromatic heterocycles. The third kappa shape index (κ3) is 1.30. The second kappa shape index (κ2) is 3.85. The molecule has 0 atom stereocenters. The van der Waals surface area contributed by atoms with Gasteiger partial charge in [0.1, 0.15) is 6.34 Å². The molecule has 0 amide bonds. The van der Waals surface area contributed by atoms with E-state index < -0.39 is 0 Å². The Hall–Kier alpha value is -3.00. The largest absolute Gasteiger partial charge is 0.239 e. The molecule has 0 saturated heterocycles. The summed E-state index contributed by atoms with van der Waals surface area (Å²) in [5.41, 5.74) is 3.52. The van der Waals surface area contributed by atoms with Crippen LogP contribution in [0.2, 0.25) is 0 Å². The SMILES string of the molecule is C1=NC2=c3c4cccc5cccc(c6cccc(c36)CC2=N1)c54. The zero-order chi connectivity index (χ0) is 15.0. The van der Waals surface area contributed by atoms with Crippen LogP contribution in [0.4, 0.5) is 0 Å². The average molecular weight is 292 g/mol. The third-order valence-corrected chi connectivity index (χ3v) is 5.13. The van der Waals surface area contributed by atoms with E-state index >= 15 is 0 Å². The highest BCUT2D eigenvalue weighted by molar-refractivity contribution is 6.32. The number of fused-ring (bicyclic) bond motifs is 3. The second-order valence-electron chi connectivity index (χ2n) is 6.27. The van der Waals surface area contributed by atoms with Crippen molar-refractivity contribution in [3.63, 3.8) is 0 Å². The average Bonchev–Trinajstić information content (AvgIpc) is 3.06. The maximum absolute atomic E-state index is 4.59. The Kier molecular flexibility index (Phi) is 1.93. The number of hydrogen-bond donors (Lipinski definition) is 0. The van der Waals surface area contributed by atoms with E-state index in [0.29, 0.717) is 0 Å². The zero-order valence-electron chi connectivity index (χ0n) is 12.4. The zero-order valence-corrected chi connectivity index (χ0v) is 12.4. The first-order valence-corrected chi connectivity index (χ1v) is 7.90. The van der Waals surface area contributed by atoms with Crippen molar-refractivity contribution in [2.24, 2.45) is 9.98 Å². The molecule has 1 aliphatic heterocycles. The molecule has 6 rings (SSSR count). The van der Waals surface area contributed by atoms with Gasteiger partial charge in [-0.05, 0) is 37.9 Å². The minimum absolute atomic E-state index is 0.875. The van der Waals surface area contributed by atoms with Crippen LogP contribution in [-0.4, -0.2) is 12.1 Å². The summed E-state index contributed by atoms with van der Waals surface area (Å²) in [6, 6.07) is 19.8. The summed E-state index contributed by atoms with van der Waals surface area (Å²) in [5.74, 6) is 0. The Balaban J connectivity index is 2.11. The van der Waals surface area contributed by atoms with Crippen LogP contribution in [0.25, 0.3) is 38.0 Å². The predicted octanol–water partition coefficient (Wildman–Crippen LogP) is 4.01. The Labute approximate surface area is 132 Å². The lowest BCUT2D eigenvalue weighted by molar-refractivity contribution is 1.34. The molecule has 0 saturated carbocycles. The predicted molar refractivity (Wildman–Crippen MR) is 97.2 cm³/mol. The first-order chi connectivity index (χ1) is 11.4. The summed E-state index contributed by atoms with van der Waals surface area (Å²) in [4.78, 5) is 9.09. The van der Waals surface area contributed by atoms with Gasteiger partial charge in [-0.2, -0.15) is 0 Å². The van der Waals surface area contributed by atoms with Gasteiger partial charge in [-0.3, -0.25) is 0 Å². The summed E-state index contributed by atoms with van der Waals surface area (Å²) in [6.45, 7) is 0. The van der Waals surface area contributed by atoms with Crippen LogP contribution in [0.1, 0.15) is 5.56 Å². The molecule has 1 heterocycles. The molecule has 4 aromatic rings. The topological polar surface area (TPSA) is 24.7 Å². The first kappa shape index (κ1) is 11.6. The van der Waals surface area contributed by atoms with Gasteiger partial charge in [0.2, 0.25) is 0 Å². The van der Waals surface area contributed by atoms with Crippen molar-refractivity contribution in [2.75, 3.05) is 0 Å². The van der Waals surface area contributed by atoms with E-state index in [1.807, 2.05) is 0 Å². The van der Waals surface area contributed by atoms with Crippen LogP contribution in [0.3, 0.4) is 0 Å². The van der Waals surface area contributed by atoms with Crippen LogP contribution in [0, 0.1) is 0 Å². The fourth-order valence-corrected chi connectivity index (χ4v) is 4.23. The molecule has 0 radical (unpaired) electrons. The summed E-state index contributed by atoms with van der Waals surface area (Å²) in [7, 11) is 0. The van der Waals surface area contributed by atoms with Crippen molar-refractivity contribution in [3.8, 4) is 0 Å². The van der Waals surface area contributed by atoms with Crippen molar-refractivity contribution in [1.29, 1.82) is 0 Å². The Bertz CT molecular complexity index is 1270. The van der Waals surface area contributed by atoms with Crippen LogP contribution in [-0.2, 0) is 6.42 Å². The third-order valence-electron chi connectivity index (χ3n) is 5.13. The number of benzene rings is 4. The monoisotopic (exact) mass is 292 g/mol. The number of hydrogen-bond acceptors (Lipinski definition) is 2. The van der Waals surface area contributed by atoms with Gasteiger partial charge in [0.25, 0.3) is 0 Å². The van der Waals surface area contributed by atoms with Crippen molar-refractivity contribution in [2.45, 2.75) is 6.42 Å². The summed E-state index contributed by atoms with van der Waals surface area (Å²) >= 11 is 0. The van der Waals surface area contributed by atoms with Crippen molar-refractivity contribution >= 4 is 50.1 Å². The quantitative estimate of drug-likeness (QED) is 0.345.